The van der Waals surface area contributed by atoms with Crippen molar-refractivity contribution in [1.29, 1.82) is 0 Å². The Bertz CT molecular complexity index is 339. The van der Waals surface area contributed by atoms with Crippen LogP contribution in [0, 0.1) is 5.82 Å². The van der Waals surface area contributed by atoms with Gasteiger partial charge in [0, 0.05) is 18.3 Å². The number of hydrogen-bond donors (Lipinski definition) is 1. The minimum Gasteiger partial charge on any atom is -0.309 e. The zero-order valence-electron chi connectivity index (χ0n) is 8.30. The number of nitrogens with one attached hydrogen (secondary N) is 1. The van der Waals surface area contributed by atoms with Gasteiger partial charge in [-0.1, -0.05) is 17.7 Å². The standard InChI is InChI=1S/C11H13ClFNS/c12-10-5-8(1-2-11(10)13)6-14-9-3-4-15-7-9/h1-2,5,9,14H,3-4,6-7H2. The van der Waals surface area contributed by atoms with E-state index in [1.54, 1.807) is 12.1 Å². The van der Waals surface area contributed by atoms with Crippen molar-refractivity contribution in [1.82, 2.24) is 5.32 Å². The van der Waals surface area contributed by atoms with E-state index in [1.807, 2.05) is 11.8 Å². The third-order valence-corrected chi connectivity index (χ3v) is 3.96. The van der Waals surface area contributed by atoms with Gasteiger partial charge in [0.05, 0.1) is 5.02 Å². The van der Waals surface area contributed by atoms with Crippen molar-refractivity contribution < 1.29 is 4.39 Å². The molecule has 1 aliphatic rings. The second-order valence-electron chi connectivity index (χ2n) is 3.69. The first-order valence-corrected chi connectivity index (χ1v) is 6.54. The zero-order valence-corrected chi connectivity index (χ0v) is 9.87. The van der Waals surface area contributed by atoms with Crippen molar-refractivity contribution in [3.05, 3.63) is 34.6 Å². The Hall–Kier alpha value is -0.250. The van der Waals surface area contributed by atoms with Gasteiger partial charge in [0.15, 0.2) is 0 Å². The third-order valence-electron chi connectivity index (χ3n) is 2.51. The SMILES string of the molecule is Fc1ccc(CNC2CCSC2)cc1Cl. The lowest BCUT2D eigenvalue weighted by Crippen LogP contribution is -2.27. The molecule has 1 heterocycles. The molecule has 0 amide bonds. The Morgan fingerprint density at radius 3 is 3.07 bits per heavy atom. The second kappa shape index (κ2) is 5.19. The Kier molecular flexibility index (Phi) is 3.89. The summed E-state index contributed by atoms with van der Waals surface area (Å²) in [5.41, 5.74) is 1.04. The van der Waals surface area contributed by atoms with Gasteiger partial charge >= 0.3 is 0 Å². The molecule has 1 fully saturated rings. The van der Waals surface area contributed by atoms with Crippen LogP contribution in [0.15, 0.2) is 18.2 Å². The molecular formula is C11H13ClFNS. The van der Waals surface area contributed by atoms with E-state index in [0.717, 1.165) is 12.1 Å². The van der Waals surface area contributed by atoms with Gasteiger partial charge in [-0.3, -0.25) is 0 Å². The molecule has 1 aromatic carbocycles. The summed E-state index contributed by atoms with van der Waals surface area (Å²) in [5, 5.41) is 3.65. The minimum atomic E-state index is -0.350. The first-order chi connectivity index (χ1) is 7.25. The average Bonchev–Trinajstić information content (AvgIpc) is 2.73. The quantitative estimate of drug-likeness (QED) is 0.879. The molecule has 82 valence electrons. The summed E-state index contributed by atoms with van der Waals surface area (Å²) >= 11 is 7.68. The van der Waals surface area contributed by atoms with Gasteiger partial charge in [0.2, 0.25) is 0 Å². The van der Waals surface area contributed by atoms with Crippen LogP contribution in [-0.4, -0.2) is 17.5 Å². The zero-order chi connectivity index (χ0) is 10.7. The van der Waals surface area contributed by atoms with E-state index >= 15 is 0 Å². The van der Waals surface area contributed by atoms with Crippen molar-refractivity contribution in [2.24, 2.45) is 0 Å². The predicted molar refractivity (Wildman–Crippen MR) is 64.0 cm³/mol. The van der Waals surface area contributed by atoms with Crippen LogP contribution in [0.2, 0.25) is 5.02 Å². The molecule has 1 saturated heterocycles. The van der Waals surface area contributed by atoms with Crippen molar-refractivity contribution in [3.8, 4) is 0 Å². The Morgan fingerprint density at radius 2 is 2.40 bits per heavy atom. The highest BCUT2D eigenvalue weighted by molar-refractivity contribution is 7.99. The molecule has 0 aliphatic carbocycles. The average molecular weight is 246 g/mol. The van der Waals surface area contributed by atoms with Gasteiger partial charge in [-0.25, -0.2) is 4.39 Å². The van der Waals surface area contributed by atoms with E-state index in [9.17, 15) is 4.39 Å². The van der Waals surface area contributed by atoms with E-state index in [-0.39, 0.29) is 10.8 Å². The maximum Gasteiger partial charge on any atom is 0.141 e. The number of benzene rings is 1. The molecule has 1 N–H and O–H groups in total. The van der Waals surface area contributed by atoms with Crippen LogP contribution < -0.4 is 5.32 Å². The lowest BCUT2D eigenvalue weighted by atomic mass is 10.2. The van der Waals surface area contributed by atoms with E-state index < -0.39 is 0 Å². The molecule has 0 saturated carbocycles. The Morgan fingerprint density at radius 1 is 1.53 bits per heavy atom. The molecule has 1 unspecified atom stereocenters. The first kappa shape index (κ1) is 11.2. The topological polar surface area (TPSA) is 12.0 Å². The largest absolute Gasteiger partial charge is 0.309 e. The summed E-state index contributed by atoms with van der Waals surface area (Å²) in [6.45, 7) is 0.769. The summed E-state index contributed by atoms with van der Waals surface area (Å²) < 4.78 is 12.9. The van der Waals surface area contributed by atoms with Crippen LogP contribution in [-0.2, 0) is 6.54 Å². The molecular weight excluding hydrogens is 233 g/mol. The highest BCUT2D eigenvalue weighted by Crippen LogP contribution is 2.19. The normalized spacial score (nSPS) is 20.8. The fraction of sp³-hybridized carbons (Fsp3) is 0.455. The molecule has 0 aromatic heterocycles. The molecule has 0 bridgehead atoms. The highest BCUT2D eigenvalue weighted by Gasteiger charge is 2.14. The molecule has 2 rings (SSSR count). The predicted octanol–water partition coefficient (Wildman–Crippen LogP) is 3.07. The van der Waals surface area contributed by atoms with Gasteiger partial charge < -0.3 is 5.32 Å². The molecule has 1 aliphatic heterocycles. The number of thioether (sulfide) groups is 1. The van der Waals surface area contributed by atoms with Crippen LogP contribution in [0.25, 0.3) is 0 Å². The van der Waals surface area contributed by atoms with Crippen LogP contribution in [0.5, 0.6) is 0 Å². The maximum atomic E-state index is 12.9. The fourth-order valence-corrected chi connectivity index (χ4v) is 3.00. The lowest BCUT2D eigenvalue weighted by molar-refractivity contribution is 0.557. The van der Waals surface area contributed by atoms with E-state index in [0.29, 0.717) is 6.04 Å². The van der Waals surface area contributed by atoms with Gasteiger partial charge in [0.25, 0.3) is 0 Å². The summed E-state index contributed by atoms with van der Waals surface area (Å²) in [5.74, 6) is 2.06. The number of hydrogen-bond acceptors (Lipinski definition) is 2. The number of rotatable bonds is 3. The molecule has 1 nitrogen and oxygen atoms in total. The van der Waals surface area contributed by atoms with Crippen LogP contribution >= 0.6 is 23.4 Å². The van der Waals surface area contributed by atoms with Gasteiger partial charge in [-0.2, -0.15) is 11.8 Å². The monoisotopic (exact) mass is 245 g/mol. The highest BCUT2D eigenvalue weighted by atomic mass is 35.5. The van der Waals surface area contributed by atoms with Gasteiger partial charge in [-0.15, -0.1) is 0 Å². The van der Waals surface area contributed by atoms with Crippen molar-refractivity contribution >= 4 is 23.4 Å². The summed E-state index contributed by atoms with van der Waals surface area (Å²) in [6.07, 6.45) is 1.22. The lowest BCUT2D eigenvalue weighted by Gasteiger charge is -2.11. The molecule has 0 radical (unpaired) electrons. The van der Waals surface area contributed by atoms with E-state index in [2.05, 4.69) is 5.32 Å². The van der Waals surface area contributed by atoms with E-state index in [4.69, 9.17) is 11.6 Å². The summed E-state index contributed by atoms with van der Waals surface area (Å²) in [6, 6.07) is 5.48. The minimum absolute atomic E-state index is 0.204. The smallest absolute Gasteiger partial charge is 0.141 e. The van der Waals surface area contributed by atoms with Gasteiger partial charge in [-0.05, 0) is 29.9 Å². The Labute approximate surface area is 98.4 Å². The van der Waals surface area contributed by atoms with Crippen LogP contribution in [0.3, 0.4) is 0 Å². The molecule has 4 heteroatoms. The molecule has 1 atom stereocenters. The molecule has 0 spiro atoms. The van der Waals surface area contributed by atoms with Gasteiger partial charge in [0.1, 0.15) is 5.82 Å². The van der Waals surface area contributed by atoms with Crippen LogP contribution in [0.1, 0.15) is 12.0 Å². The summed E-state index contributed by atoms with van der Waals surface area (Å²) in [7, 11) is 0. The third kappa shape index (κ3) is 3.10. The van der Waals surface area contributed by atoms with E-state index in [1.165, 1.54) is 24.0 Å². The molecule has 1 aromatic rings. The number of halogens is 2. The summed E-state index contributed by atoms with van der Waals surface area (Å²) in [4.78, 5) is 0. The van der Waals surface area contributed by atoms with Crippen molar-refractivity contribution in [3.63, 3.8) is 0 Å². The fourth-order valence-electron chi connectivity index (χ4n) is 1.61. The van der Waals surface area contributed by atoms with Crippen molar-refractivity contribution in [2.45, 2.75) is 19.0 Å². The Balaban J connectivity index is 1.90. The van der Waals surface area contributed by atoms with Crippen molar-refractivity contribution in [2.75, 3.05) is 11.5 Å². The molecule has 15 heavy (non-hydrogen) atoms. The second-order valence-corrected chi connectivity index (χ2v) is 5.25. The first-order valence-electron chi connectivity index (χ1n) is 5.01. The van der Waals surface area contributed by atoms with Crippen LogP contribution in [0.4, 0.5) is 4.39 Å². The maximum absolute atomic E-state index is 12.9.